The molecule has 0 saturated carbocycles. The summed E-state index contributed by atoms with van der Waals surface area (Å²) in [5.41, 5.74) is 6.02. The fraction of sp³-hybridized carbons (Fsp3) is 0.321. The Kier molecular flexibility index (Phi) is 6.08. The fourth-order valence-electron chi connectivity index (χ4n) is 4.64. The fourth-order valence-corrected chi connectivity index (χ4v) is 5.76. The number of anilines is 3. The lowest BCUT2D eigenvalue weighted by molar-refractivity contribution is 0.122. The van der Waals surface area contributed by atoms with E-state index in [9.17, 15) is 4.79 Å². The first-order chi connectivity index (χ1) is 18.2. The summed E-state index contributed by atoms with van der Waals surface area (Å²) in [6.07, 6.45) is 2.09. The van der Waals surface area contributed by atoms with Crippen LogP contribution >= 0.6 is 11.3 Å². The van der Waals surface area contributed by atoms with Crippen molar-refractivity contribution in [1.29, 1.82) is 0 Å². The molecule has 2 amide bonds. The summed E-state index contributed by atoms with van der Waals surface area (Å²) in [7, 11) is 0. The number of morpholine rings is 1. The number of thiazole rings is 1. The van der Waals surface area contributed by atoms with Crippen molar-refractivity contribution < 1.29 is 14.1 Å². The first kappa shape index (κ1) is 24.4. The molecule has 2 N–H and O–H groups in total. The van der Waals surface area contributed by atoms with Gasteiger partial charge in [0.1, 0.15) is 5.76 Å². The van der Waals surface area contributed by atoms with Crippen molar-refractivity contribution in [3.63, 3.8) is 0 Å². The van der Waals surface area contributed by atoms with Gasteiger partial charge >= 0.3 is 6.03 Å². The van der Waals surface area contributed by atoms with E-state index in [1.54, 1.807) is 17.4 Å². The van der Waals surface area contributed by atoms with E-state index in [4.69, 9.17) is 14.2 Å². The molecular formula is C28H30N6O3S. The monoisotopic (exact) mass is 530 g/mol. The van der Waals surface area contributed by atoms with Crippen LogP contribution in [0, 0.1) is 6.92 Å². The second-order valence-corrected chi connectivity index (χ2v) is 11.6. The van der Waals surface area contributed by atoms with E-state index in [0.29, 0.717) is 17.3 Å². The first-order valence-electron chi connectivity index (χ1n) is 12.7. The second-order valence-electron chi connectivity index (χ2n) is 10.6. The third kappa shape index (κ3) is 4.72. The Bertz CT molecular complexity index is 1620. The number of hydrogen-bond donors (Lipinski definition) is 2. The van der Waals surface area contributed by atoms with Gasteiger partial charge in [0.2, 0.25) is 0 Å². The zero-order valence-corrected chi connectivity index (χ0v) is 22.7. The van der Waals surface area contributed by atoms with Crippen LogP contribution in [-0.2, 0) is 10.2 Å². The zero-order valence-electron chi connectivity index (χ0n) is 21.9. The largest absolute Gasteiger partial charge is 0.378 e. The number of rotatable bonds is 4. The highest BCUT2D eigenvalue weighted by atomic mass is 32.1. The Labute approximate surface area is 224 Å². The molecule has 6 rings (SSSR count). The van der Waals surface area contributed by atoms with Crippen LogP contribution in [0.5, 0.6) is 0 Å². The maximum absolute atomic E-state index is 12.4. The molecule has 5 aromatic rings. The molecule has 10 heteroatoms. The molecule has 2 aromatic carbocycles. The molecular weight excluding hydrogens is 500 g/mol. The molecule has 0 aliphatic carbocycles. The maximum Gasteiger partial charge on any atom is 0.324 e. The van der Waals surface area contributed by atoms with Gasteiger partial charge in [0.15, 0.2) is 10.8 Å². The summed E-state index contributed by atoms with van der Waals surface area (Å²) in [5.74, 6) is 1.08. The van der Waals surface area contributed by atoms with Crippen molar-refractivity contribution >= 4 is 49.7 Å². The van der Waals surface area contributed by atoms with E-state index in [0.717, 1.165) is 42.5 Å². The third-order valence-electron chi connectivity index (χ3n) is 6.67. The Hall–Kier alpha value is -3.89. The highest BCUT2D eigenvalue weighted by Crippen LogP contribution is 2.35. The number of ether oxygens (including phenoxy) is 1. The first-order valence-corrected chi connectivity index (χ1v) is 13.5. The molecule has 3 aromatic heterocycles. The van der Waals surface area contributed by atoms with Gasteiger partial charge in [-0.05, 0) is 36.8 Å². The lowest BCUT2D eigenvalue weighted by Gasteiger charge is -2.29. The molecule has 1 saturated heterocycles. The number of fused-ring (bicyclic) bond motifs is 3. The van der Waals surface area contributed by atoms with Gasteiger partial charge in [0, 0.05) is 47.7 Å². The Balaban J connectivity index is 1.17. The minimum Gasteiger partial charge on any atom is -0.378 e. The van der Waals surface area contributed by atoms with Crippen molar-refractivity contribution in [3.05, 3.63) is 60.0 Å². The lowest BCUT2D eigenvalue weighted by Crippen LogP contribution is -2.36. The highest BCUT2D eigenvalue weighted by molar-refractivity contribution is 7.23. The molecule has 1 fully saturated rings. The molecule has 0 spiro atoms. The molecule has 0 unspecified atom stereocenters. The molecule has 38 heavy (non-hydrogen) atoms. The number of benzene rings is 2. The number of amides is 2. The normalized spacial score (nSPS) is 14.4. The summed E-state index contributed by atoms with van der Waals surface area (Å²) in [6, 6.07) is 13.5. The van der Waals surface area contributed by atoms with Crippen LogP contribution in [0.3, 0.4) is 0 Å². The number of imidazole rings is 1. The van der Waals surface area contributed by atoms with Crippen molar-refractivity contribution in [2.75, 3.05) is 41.8 Å². The number of urea groups is 1. The number of hydrogen-bond acceptors (Lipinski definition) is 7. The summed E-state index contributed by atoms with van der Waals surface area (Å²) in [4.78, 5) is 20.7. The summed E-state index contributed by atoms with van der Waals surface area (Å²) < 4.78 is 14.2. The number of carbonyl (C=O) groups is 1. The van der Waals surface area contributed by atoms with Gasteiger partial charge in [-0.15, -0.1) is 0 Å². The highest BCUT2D eigenvalue weighted by Gasteiger charge is 2.21. The van der Waals surface area contributed by atoms with Crippen molar-refractivity contribution in [2.24, 2.45) is 0 Å². The lowest BCUT2D eigenvalue weighted by atomic mass is 9.93. The Morgan fingerprint density at radius 2 is 1.82 bits per heavy atom. The number of nitrogens with one attached hydrogen (secondary N) is 2. The molecule has 9 nitrogen and oxygen atoms in total. The standard InChI is InChI=1S/C28H30N6O3S/c1-17-13-20(33-9-11-36-12-10-33)14-22-25(17)34-16-21(30-27(34)38-22)18-5-7-19(8-6-18)29-26(35)31-24-15-23(37-32-24)28(2,3)4/h5-8,13-16H,9-12H2,1-4H3,(H2,29,31,32,35). The number of aryl methyl sites for hydroxylation is 1. The van der Waals surface area contributed by atoms with Gasteiger partial charge in [-0.2, -0.15) is 0 Å². The number of carbonyl (C=O) groups excluding carboxylic acids is 1. The summed E-state index contributed by atoms with van der Waals surface area (Å²) in [6.45, 7) is 11.6. The van der Waals surface area contributed by atoms with Gasteiger partial charge in [-0.3, -0.25) is 9.72 Å². The smallest absolute Gasteiger partial charge is 0.324 e. The van der Waals surface area contributed by atoms with E-state index >= 15 is 0 Å². The second kappa shape index (κ2) is 9.45. The van der Waals surface area contributed by atoms with Crippen LogP contribution in [0.15, 0.2) is 53.2 Å². The molecule has 0 bridgehead atoms. The van der Waals surface area contributed by atoms with E-state index in [-0.39, 0.29) is 11.4 Å². The summed E-state index contributed by atoms with van der Waals surface area (Å²) >= 11 is 1.70. The van der Waals surface area contributed by atoms with Crippen LogP contribution in [0.1, 0.15) is 32.1 Å². The van der Waals surface area contributed by atoms with Crippen LogP contribution in [0.4, 0.5) is 22.0 Å². The zero-order chi connectivity index (χ0) is 26.4. The molecule has 4 heterocycles. The third-order valence-corrected chi connectivity index (χ3v) is 7.67. The quantitative estimate of drug-likeness (QED) is 0.283. The van der Waals surface area contributed by atoms with Gasteiger partial charge in [0.25, 0.3) is 0 Å². The van der Waals surface area contributed by atoms with Gasteiger partial charge < -0.3 is 19.5 Å². The Morgan fingerprint density at radius 3 is 2.53 bits per heavy atom. The topological polar surface area (TPSA) is 96.9 Å². The number of aromatic nitrogens is 3. The average Bonchev–Trinajstić information content (AvgIpc) is 3.59. The van der Waals surface area contributed by atoms with Crippen molar-refractivity contribution in [2.45, 2.75) is 33.1 Å². The summed E-state index contributed by atoms with van der Waals surface area (Å²) in [5, 5.41) is 9.47. The van der Waals surface area contributed by atoms with Crippen LogP contribution in [-0.4, -0.2) is 46.9 Å². The van der Waals surface area contributed by atoms with Gasteiger partial charge in [-0.1, -0.05) is 49.4 Å². The van der Waals surface area contributed by atoms with Crippen LogP contribution in [0.25, 0.3) is 26.4 Å². The minimum absolute atomic E-state index is 0.183. The van der Waals surface area contributed by atoms with Crippen LogP contribution < -0.4 is 15.5 Å². The van der Waals surface area contributed by atoms with E-state index in [1.165, 1.54) is 21.5 Å². The predicted octanol–water partition coefficient (Wildman–Crippen LogP) is 6.29. The van der Waals surface area contributed by atoms with Crippen molar-refractivity contribution in [3.8, 4) is 11.3 Å². The van der Waals surface area contributed by atoms with Gasteiger partial charge in [-0.25, -0.2) is 9.78 Å². The molecule has 0 radical (unpaired) electrons. The van der Waals surface area contributed by atoms with Crippen molar-refractivity contribution in [1.82, 2.24) is 14.5 Å². The van der Waals surface area contributed by atoms with E-state index in [2.05, 4.69) is 50.3 Å². The van der Waals surface area contributed by atoms with E-state index in [1.807, 2.05) is 45.0 Å². The molecule has 196 valence electrons. The van der Waals surface area contributed by atoms with Crippen LogP contribution in [0.2, 0.25) is 0 Å². The number of nitrogens with zero attached hydrogens (tertiary/aromatic N) is 4. The molecule has 1 aliphatic rings. The molecule has 0 atom stereocenters. The SMILES string of the molecule is Cc1cc(N2CCOCC2)cc2sc3nc(-c4ccc(NC(=O)Nc5cc(C(C)(C)C)on5)cc4)cn3c12. The van der Waals surface area contributed by atoms with Gasteiger partial charge in [0.05, 0.1) is 29.1 Å². The Morgan fingerprint density at radius 1 is 1.05 bits per heavy atom. The molecule has 1 aliphatic heterocycles. The maximum atomic E-state index is 12.4. The van der Waals surface area contributed by atoms with E-state index < -0.39 is 0 Å². The predicted molar refractivity (Wildman–Crippen MR) is 152 cm³/mol. The minimum atomic E-state index is -0.382. The average molecular weight is 531 g/mol.